The van der Waals surface area contributed by atoms with Crippen molar-refractivity contribution in [3.05, 3.63) is 95.4 Å². The molecule has 3 heteroatoms. The molecule has 0 spiro atoms. The van der Waals surface area contributed by atoms with E-state index in [-0.39, 0.29) is 0 Å². The summed E-state index contributed by atoms with van der Waals surface area (Å²) in [5.41, 5.74) is 5.71. The lowest BCUT2D eigenvalue weighted by Crippen LogP contribution is -2.06. The van der Waals surface area contributed by atoms with Crippen LogP contribution in [-0.2, 0) is 13.0 Å². The van der Waals surface area contributed by atoms with E-state index in [9.17, 15) is 0 Å². The lowest BCUT2D eigenvalue weighted by Gasteiger charge is -2.09. The van der Waals surface area contributed by atoms with E-state index in [0.717, 1.165) is 30.0 Å². The number of fused-ring (bicyclic) bond motifs is 1. The quantitative estimate of drug-likeness (QED) is 0.560. The third-order valence-corrected chi connectivity index (χ3v) is 4.21. The summed E-state index contributed by atoms with van der Waals surface area (Å²) in [5, 5.41) is 0. The lowest BCUT2D eigenvalue weighted by molar-refractivity contribution is 0.755. The van der Waals surface area contributed by atoms with Crippen molar-refractivity contribution in [3.63, 3.8) is 0 Å². The van der Waals surface area contributed by atoms with E-state index in [0.29, 0.717) is 0 Å². The van der Waals surface area contributed by atoms with Crippen LogP contribution >= 0.6 is 0 Å². The highest BCUT2D eigenvalue weighted by atomic mass is 15.1. The molecule has 0 fully saturated rings. The normalized spacial score (nSPS) is 11.0. The Morgan fingerprint density at radius 1 is 0.875 bits per heavy atom. The van der Waals surface area contributed by atoms with Gasteiger partial charge in [-0.05, 0) is 30.2 Å². The molecule has 0 unspecified atom stereocenters. The standard InChI is InChI=1S/C21H19N3/c1-16-7-5-10-18(13-16)14-20-23-19-11-6-12-22-21(19)24(20)15-17-8-3-2-4-9-17/h2-13H,14-15H2,1H3. The van der Waals surface area contributed by atoms with Crippen LogP contribution in [-0.4, -0.2) is 14.5 Å². The van der Waals surface area contributed by atoms with Crippen molar-refractivity contribution < 1.29 is 0 Å². The molecule has 24 heavy (non-hydrogen) atoms. The van der Waals surface area contributed by atoms with E-state index >= 15 is 0 Å². The number of hydrogen-bond donors (Lipinski definition) is 0. The van der Waals surface area contributed by atoms with E-state index in [1.54, 1.807) is 0 Å². The molecule has 0 saturated heterocycles. The summed E-state index contributed by atoms with van der Waals surface area (Å²) >= 11 is 0. The van der Waals surface area contributed by atoms with Gasteiger partial charge in [-0.3, -0.25) is 0 Å². The van der Waals surface area contributed by atoms with Gasteiger partial charge in [-0.2, -0.15) is 0 Å². The molecule has 4 rings (SSSR count). The van der Waals surface area contributed by atoms with Crippen molar-refractivity contribution >= 4 is 11.2 Å². The minimum atomic E-state index is 0.787. The third kappa shape index (κ3) is 2.93. The van der Waals surface area contributed by atoms with Crippen LogP contribution in [0.15, 0.2) is 72.9 Å². The first-order chi connectivity index (χ1) is 11.8. The van der Waals surface area contributed by atoms with E-state index in [4.69, 9.17) is 4.98 Å². The molecule has 4 aromatic rings. The molecule has 0 bridgehead atoms. The van der Waals surface area contributed by atoms with Crippen molar-refractivity contribution in [2.75, 3.05) is 0 Å². The van der Waals surface area contributed by atoms with Gasteiger partial charge in [0.15, 0.2) is 5.65 Å². The molecule has 0 radical (unpaired) electrons. The second kappa shape index (κ2) is 6.28. The maximum atomic E-state index is 4.83. The monoisotopic (exact) mass is 313 g/mol. The van der Waals surface area contributed by atoms with Crippen LogP contribution in [0, 0.1) is 6.92 Å². The molecule has 0 aliphatic heterocycles. The highest BCUT2D eigenvalue weighted by Gasteiger charge is 2.12. The van der Waals surface area contributed by atoms with E-state index in [1.807, 2.05) is 24.4 Å². The largest absolute Gasteiger partial charge is 0.308 e. The second-order valence-corrected chi connectivity index (χ2v) is 6.11. The van der Waals surface area contributed by atoms with Crippen molar-refractivity contribution in [3.8, 4) is 0 Å². The van der Waals surface area contributed by atoms with Gasteiger partial charge < -0.3 is 4.57 Å². The topological polar surface area (TPSA) is 30.7 Å². The van der Waals surface area contributed by atoms with Gasteiger partial charge in [0.2, 0.25) is 0 Å². The zero-order chi connectivity index (χ0) is 16.4. The van der Waals surface area contributed by atoms with Crippen molar-refractivity contribution in [1.82, 2.24) is 14.5 Å². The third-order valence-electron chi connectivity index (χ3n) is 4.21. The van der Waals surface area contributed by atoms with E-state index < -0.39 is 0 Å². The number of rotatable bonds is 4. The van der Waals surface area contributed by atoms with Crippen LogP contribution < -0.4 is 0 Å². The predicted molar refractivity (Wildman–Crippen MR) is 97.1 cm³/mol. The summed E-state index contributed by atoms with van der Waals surface area (Å²) in [7, 11) is 0. The zero-order valence-electron chi connectivity index (χ0n) is 13.7. The van der Waals surface area contributed by atoms with E-state index in [1.165, 1.54) is 16.7 Å². The molecular weight excluding hydrogens is 294 g/mol. The van der Waals surface area contributed by atoms with E-state index in [2.05, 4.69) is 65.0 Å². The van der Waals surface area contributed by atoms with Crippen molar-refractivity contribution in [2.24, 2.45) is 0 Å². The summed E-state index contributed by atoms with van der Waals surface area (Å²) in [5.74, 6) is 1.05. The minimum absolute atomic E-state index is 0.787. The average Bonchev–Trinajstić information content (AvgIpc) is 2.93. The SMILES string of the molecule is Cc1cccc(Cc2nc3cccnc3n2Cc2ccccc2)c1. The van der Waals surface area contributed by atoms with Gasteiger partial charge in [0.1, 0.15) is 11.3 Å². The highest BCUT2D eigenvalue weighted by molar-refractivity contribution is 5.71. The summed E-state index contributed by atoms with van der Waals surface area (Å²) in [4.78, 5) is 9.39. The molecule has 0 aliphatic carbocycles. The van der Waals surface area contributed by atoms with Gasteiger partial charge >= 0.3 is 0 Å². The predicted octanol–water partition coefficient (Wildman–Crippen LogP) is 4.38. The fraction of sp³-hybridized carbons (Fsp3) is 0.143. The molecule has 0 saturated carbocycles. The molecule has 0 atom stereocenters. The fourth-order valence-electron chi connectivity index (χ4n) is 3.08. The number of aromatic nitrogens is 3. The van der Waals surface area contributed by atoms with Gasteiger partial charge in [0.25, 0.3) is 0 Å². The van der Waals surface area contributed by atoms with Crippen LogP contribution in [0.5, 0.6) is 0 Å². The molecular formula is C21H19N3. The first-order valence-electron chi connectivity index (χ1n) is 8.19. The molecule has 118 valence electrons. The number of benzene rings is 2. The Morgan fingerprint density at radius 3 is 2.54 bits per heavy atom. The summed E-state index contributed by atoms with van der Waals surface area (Å²) in [6, 6.07) is 23.1. The van der Waals surface area contributed by atoms with Gasteiger partial charge in [-0.15, -0.1) is 0 Å². The van der Waals surface area contributed by atoms with Gasteiger partial charge in [-0.25, -0.2) is 9.97 Å². The van der Waals surface area contributed by atoms with Crippen molar-refractivity contribution in [1.29, 1.82) is 0 Å². The Morgan fingerprint density at radius 2 is 1.71 bits per heavy atom. The Labute approximate surface area is 141 Å². The number of nitrogens with zero attached hydrogens (tertiary/aromatic N) is 3. The average molecular weight is 313 g/mol. The van der Waals surface area contributed by atoms with Crippen LogP contribution in [0.3, 0.4) is 0 Å². The Hall–Kier alpha value is -2.94. The van der Waals surface area contributed by atoms with Gasteiger partial charge in [0.05, 0.1) is 6.54 Å². The number of pyridine rings is 1. The summed E-state index contributed by atoms with van der Waals surface area (Å²) in [6.45, 7) is 2.91. The highest BCUT2D eigenvalue weighted by Crippen LogP contribution is 2.19. The van der Waals surface area contributed by atoms with Gasteiger partial charge in [-0.1, -0.05) is 60.2 Å². The molecule has 2 aromatic heterocycles. The molecule has 2 aromatic carbocycles. The summed E-state index contributed by atoms with van der Waals surface area (Å²) in [6.07, 6.45) is 2.65. The van der Waals surface area contributed by atoms with Crippen molar-refractivity contribution in [2.45, 2.75) is 19.9 Å². The van der Waals surface area contributed by atoms with Crippen LogP contribution in [0.4, 0.5) is 0 Å². The Bertz CT molecular complexity index is 971. The molecule has 0 N–H and O–H groups in total. The lowest BCUT2D eigenvalue weighted by atomic mass is 10.1. The molecule has 0 amide bonds. The molecule has 3 nitrogen and oxygen atoms in total. The first-order valence-corrected chi connectivity index (χ1v) is 8.19. The smallest absolute Gasteiger partial charge is 0.160 e. The fourth-order valence-corrected chi connectivity index (χ4v) is 3.08. The minimum Gasteiger partial charge on any atom is -0.308 e. The second-order valence-electron chi connectivity index (χ2n) is 6.11. The van der Waals surface area contributed by atoms with Crippen LogP contribution in [0.1, 0.15) is 22.5 Å². The number of aryl methyl sites for hydroxylation is 1. The zero-order valence-corrected chi connectivity index (χ0v) is 13.7. The van der Waals surface area contributed by atoms with Gasteiger partial charge in [0, 0.05) is 12.6 Å². The maximum Gasteiger partial charge on any atom is 0.160 e. The Balaban J connectivity index is 1.78. The summed E-state index contributed by atoms with van der Waals surface area (Å²) < 4.78 is 2.23. The maximum absolute atomic E-state index is 4.83. The number of imidazole rings is 1. The Kier molecular flexibility index (Phi) is 3.83. The first kappa shape index (κ1) is 14.6. The van der Waals surface area contributed by atoms with Crippen LogP contribution in [0.2, 0.25) is 0 Å². The number of hydrogen-bond acceptors (Lipinski definition) is 2. The molecule has 0 aliphatic rings. The van der Waals surface area contributed by atoms with Crippen LogP contribution in [0.25, 0.3) is 11.2 Å². The molecule has 2 heterocycles.